The number of likely N-dealkylation sites (tertiary alicyclic amines) is 1. The lowest BCUT2D eigenvalue weighted by molar-refractivity contribution is -0.150. The predicted octanol–water partition coefficient (Wildman–Crippen LogP) is 1.26. The van der Waals surface area contributed by atoms with Gasteiger partial charge >= 0.3 is 12.0 Å². The van der Waals surface area contributed by atoms with Crippen LogP contribution in [0.15, 0.2) is 0 Å². The summed E-state index contributed by atoms with van der Waals surface area (Å²) in [6, 6.07) is -0.0942. The third kappa shape index (κ3) is 4.09. The van der Waals surface area contributed by atoms with Crippen LogP contribution in [0.2, 0.25) is 0 Å². The van der Waals surface area contributed by atoms with Crippen LogP contribution in [-0.4, -0.2) is 67.3 Å². The second kappa shape index (κ2) is 6.75. The fourth-order valence-electron chi connectivity index (χ4n) is 2.36. The first-order valence-electron chi connectivity index (χ1n) is 6.63. The molecule has 1 N–H and O–H groups in total. The van der Waals surface area contributed by atoms with Crippen molar-refractivity contribution in [3.05, 3.63) is 0 Å². The summed E-state index contributed by atoms with van der Waals surface area (Å²) in [6.07, 6.45) is 2.14. The Morgan fingerprint density at radius 2 is 2.16 bits per heavy atom. The number of aliphatic carboxylic acids is 1. The second-order valence-electron chi connectivity index (χ2n) is 5.44. The van der Waals surface area contributed by atoms with E-state index in [1.165, 1.54) is 0 Å². The molecule has 1 saturated heterocycles. The van der Waals surface area contributed by atoms with Crippen LogP contribution in [-0.2, 0) is 9.53 Å². The predicted molar refractivity (Wildman–Crippen MR) is 71.1 cm³/mol. The van der Waals surface area contributed by atoms with Crippen LogP contribution in [0.25, 0.3) is 0 Å². The van der Waals surface area contributed by atoms with Crippen LogP contribution in [0.4, 0.5) is 4.79 Å². The van der Waals surface area contributed by atoms with Crippen LogP contribution in [0.1, 0.15) is 26.2 Å². The lowest BCUT2D eigenvalue weighted by atomic mass is 9.82. The summed E-state index contributed by atoms with van der Waals surface area (Å²) in [4.78, 5) is 26.8. The van der Waals surface area contributed by atoms with Crippen molar-refractivity contribution in [2.45, 2.75) is 26.2 Å². The maximum Gasteiger partial charge on any atom is 0.319 e. The van der Waals surface area contributed by atoms with E-state index in [9.17, 15) is 14.7 Å². The van der Waals surface area contributed by atoms with Gasteiger partial charge in [0.25, 0.3) is 0 Å². The lowest BCUT2D eigenvalue weighted by Crippen LogP contribution is -2.52. The number of rotatable bonds is 5. The monoisotopic (exact) mass is 272 g/mol. The van der Waals surface area contributed by atoms with Crippen molar-refractivity contribution in [3.63, 3.8) is 0 Å². The first-order chi connectivity index (χ1) is 8.90. The molecule has 0 aromatic heterocycles. The first-order valence-corrected chi connectivity index (χ1v) is 6.63. The van der Waals surface area contributed by atoms with Gasteiger partial charge in [-0.2, -0.15) is 0 Å². The number of carboxylic acids is 1. The normalized spacial score (nSPS) is 23.2. The van der Waals surface area contributed by atoms with E-state index in [0.717, 1.165) is 12.8 Å². The summed E-state index contributed by atoms with van der Waals surface area (Å²) in [7, 11) is 3.37. The molecular formula is C13H24N2O4. The lowest BCUT2D eigenvalue weighted by Gasteiger charge is -2.39. The van der Waals surface area contributed by atoms with Crippen molar-refractivity contribution in [3.8, 4) is 0 Å². The molecule has 1 heterocycles. The number of nitrogens with zero attached hydrogens (tertiary/aromatic N) is 2. The molecule has 0 spiro atoms. The van der Waals surface area contributed by atoms with Gasteiger partial charge in [-0.05, 0) is 26.2 Å². The van der Waals surface area contributed by atoms with Crippen LogP contribution in [0, 0.1) is 5.41 Å². The molecule has 1 rings (SSSR count). The van der Waals surface area contributed by atoms with E-state index in [0.29, 0.717) is 26.1 Å². The Bertz CT molecular complexity index is 335. The number of amides is 2. The van der Waals surface area contributed by atoms with E-state index < -0.39 is 11.4 Å². The molecule has 0 bridgehead atoms. The maximum absolute atomic E-state index is 12.2. The zero-order chi connectivity index (χ0) is 14.5. The van der Waals surface area contributed by atoms with Crippen molar-refractivity contribution >= 4 is 12.0 Å². The number of carbonyl (C=O) groups is 2. The molecule has 1 aliphatic heterocycles. The summed E-state index contributed by atoms with van der Waals surface area (Å²) in [5.41, 5.74) is -0.818. The quantitative estimate of drug-likeness (QED) is 0.765. The van der Waals surface area contributed by atoms with E-state index in [1.807, 2.05) is 0 Å². The Morgan fingerprint density at radius 3 is 2.74 bits per heavy atom. The fraction of sp³-hybridized carbons (Fsp3) is 0.846. The Hall–Kier alpha value is -1.30. The highest BCUT2D eigenvalue weighted by Crippen LogP contribution is 2.30. The van der Waals surface area contributed by atoms with Crippen LogP contribution >= 0.6 is 0 Å². The molecular weight excluding hydrogens is 248 g/mol. The highest BCUT2D eigenvalue weighted by molar-refractivity contribution is 5.78. The highest BCUT2D eigenvalue weighted by atomic mass is 16.5. The molecule has 6 heteroatoms. The molecule has 0 aliphatic carbocycles. The van der Waals surface area contributed by atoms with Gasteiger partial charge in [0.15, 0.2) is 0 Å². The van der Waals surface area contributed by atoms with Gasteiger partial charge in [-0.3, -0.25) is 4.79 Å². The third-order valence-electron chi connectivity index (χ3n) is 3.65. The molecule has 1 aliphatic rings. The summed E-state index contributed by atoms with van der Waals surface area (Å²) in [5, 5.41) is 9.24. The Balaban J connectivity index is 2.54. The second-order valence-corrected chi connectivity index (χ2v) is 5.44. The van der Waals surface area contributed by atoms with Crippen molar-refractivity contribution in [1.82, 2.24) is 9.80 Å². The zero-order valence-electron chi connectivity index (χ0n) is 12.0. The minimum Gasteiger partial charge on any atom is -0.481 e. The van der Waals surface area contributed by atoms with Gasteiger partial charge in [0.05, 0.1) is 5.41 Å². The Morgan fingerprint density at radius 1 is 1.47 bits per heavy atom. The minimum atomic E-state index is -0.827. The molecule has 19 heavy (non-hydrogen) atoms. The van der Waals surface area contributed by atoms with Crippen molar-refractivity contribution in [1.29, 1.82) is 0 Å². The largest absolute Gasteiger partial charge is 0.481 e. The molecule has 110 valence electrons. The topological polar surface area (TPSA) is 70.1 Å². The van der Waals surface area contributed by atoms with E-state index in [4.69, 9.17) is 4.74 Å². The molecule has 6 nitrogen and oxygen atoms in total. The van der Waals surface area contributed by atoms with E-state index in [2.05, 4.69) is 0 Å². The number of carbonyl (C=O) groups excluding carboxylic acids is 1. The van der Waals surface area contributed by atoms with E-state index >= 15 is 0 Å². The minimum absolute atomic E-state index is 0.0942. The van der Waals surface area contributed by atoms with Crippen molar-refractivity contribution < 1.29 is 19.4 Å². The number of methoxy groups -OCH3 is 1. The average molecular weight is 272 g/mol. The molecule has 0 radical (unpaired) electrons. The zero-order valence-corrected chi connectivity index (χ0v) is 12.0. The number of carboxylic acid groups (broad SMARTS) is 1. The van der Waals surface area contributed by atoms with Crippen LogP contribution in [0.5, 0.6) is 0 Å². The van der Waals surface area contributed by atoms with Crippen LogP contribution in [0.3, 0.4) is 0 Å². The number of piperidine rings is 1. The van der Waals surface area contributed by atoms with Gasteiger partial charge in [-0.25, -0.2) is 4.79 Å². The molecule has 0 aromatic carbocycles. The number of hydrogen-bond donors (Lipinski definition) is 1. The van der Waals surface area contributed by atoms with E-state index in [1.54, 1.807) is 30.9 Å². The number of urea groups is 1. The van der Waals surface area contributed by atoms with Gasteiger partial charge in [0, 0.05) is 40.4 Å². The van der Waals surface area contributed by atoms with Gasteiger partial charge in [-0.1, -0.05) is 0 Å². The molecule has 1 fully saturated rings. The van der Waals surface area contributed by atoms with Gasteiger partial charge in [0.2, 0.25) is 0 Å². The highest BCUT2D eigenvalue weighted by Gasteiger charge is 2.39. The Kier molecular flexibility index (Phi) is 5.60. The summed E-state index contributed by atoms with van der Waals surface area (Å²) < 4.78 is 4.95. The van der Waals surface area contributed by atoms with Crippen molar-refractivity contribution in [2.75, 3.05) is 40.4 Å². The Labute approximate surface area is 114 Å². The third-order valence-corrected chi connectivity index (χ3v) is 3.65. The summed E-state index contributed by atoms with van der Waals surface area (Å²) >= 11 is 0. The van der Waals surface area contributed by atoms with E-state index in [-0.39, 0.29) is 12.6 Å². The summed E-state index contributed by atoms with van der Waals surface area (Å²) in [6.45, 7) is 3.86. The van der Waals surface area contributed by atoms with Crippen molar-refractivity contribution in [2.24, 2.45) is 5.41 Å². The van der Waals surface area contributed by atoms with Gasteiger partial charge < -0.3 is 19.6 Å². The SMILES string of the molecule is COCCCN(C)C(=O)N1CCCC(C)(C(=O)O)C1. The molecule has 0 aromatic rings. The molecule has 2 amide bonds. The number of ether oxygens (including phenoxy) is 1. The van der Waals surface area contributed by atoms with Crippen LogP contribution < -0.4 is 0 Å². The molecule has 0 saturated carbocycles. The van der Waals surface area contributed by atoms with Gasteiger partial charge in [-0.15, -0.1) is 0 Å². The smallest absolute Gasteiger partial charge is 0.319 e. The fourth-order valence-corrected chi connectivity index (χ4v) is 2.36. The van der Waals surface area contributed by atoms with Gasteiger partial charge in [0.1, 0.15) is 0 Å². The average Bonchev–Trinajstić information content (AvgIpc) is 2.38. The number of hydrogen-bond acceptors (Lipinski definition) is 3. The maximum atomic E-state index is 12.2. The molecule has 1 unspecified atom stereocenters. The standard InChI is InChI=1S/C13H24N2O4/c1-13(11(16)17)6-4-8-15(10-13)12(18)14(2)7-5-9-19-3/h4-10H2,1-3H3,(H,16,17). The first kappa shape index (κ1) is 15.8. The molecule has 1 atom stereocenters. The summed E-state index contributed by atoms with van der Waals surface area (Å²) in [5.74, 6) is -0.827.